The van der Waals surface area contributed by atoms with Crippen molar-refractivity contribution in [3.8, 4) is 0 Å². The molecule has 2 N–H and O–H groups in total. The molecule has 0 bridgehead atoms. The van der Waals surface area contributed by atoms with Gasteiger partial charge in [-0.3, -0.25) is 9.69 Å². The number of hydrogen-bond acceptors (Lipinski definition) is 6. The van der Waals surface area contributed by atoms with Gasteiger partial charge in [-0.05, 0) is 36.4 Å². The lowest BCUT2D eigenvalue weighted by Crippen LogP contribution is -2.42. The molecule has 3 rings (SSSR count). The van der Waals surface area contributed by atoms with Gasteiger partial charge in [-0.15, -0.1) is 0 Å². The van der Waals surface area contributed by atoms with Gasteiger partial charge in [0.1, 0.15) is 5.76 Å². The number of morpholine rings is 1. The highest BCUT2D eigenvalue weighted by molar-refractivity contribution is 7.89. The van der Waals surface area contributed by atoms with Crippen LogP contribution in [0.2, 0.25) is 5.02 Å². The van der Waals surface area contributed by atoms with Crippen LogP contribution in [0.1, 0.15) is 18.2 Å². The van der Waals surface area contributed by atoms with Crippen LogP contribution in [0, 0.1) is 0 Å². The van der Waals surface area contributed by atoms with E-state index < -0.39 is 16.1 Å². The summed E-state index contributed by atoms with van der Waals surface area (Å²) in [7, 11) is -3.86. The van der Waals surface area contributed by atoms with Crippen LogP contribution in [-0.4, -0.2) is 58.6 Å². The number of halogens is 1. The third-order valence-electron chi connectivity index (χ3n) is 4.55. The Hall–Kier alpha value is -1.91. The maximum absolute atomic E-state index is 12.7. The molecule has 2 aromatic rings. The van der Waals surface area contributed by atoms with E-state index in [1.807, 2.05) is 0 Å². The molecule has 0 unspecified atom stereocenters. The zero-order valence-corrected chi connectivity index (χ0v) is 17.4. The first-order chi connectivity index (χ1) is 13.9. The Kier molecular flexibility index (Phi) is 7.68. The van der Waals surface area contributed by atoms with Gasteiger partial charge in [0.25, 0.3) is 0 Å². The van der Waals surface area contributed by atoms with Crippen LogP contribution in [0.15, 0.2) is 52.0 Å². The lowest BCUT2D eigenvalue weighted by Gasteiger charge is -2.26. The molecule has 1 amide bonds. The number of benzene rings is 1. The summed E-state index contributed by atoms with van der Waals surface area (Å²) in [4.78, 5) is 14.7. The monoisotopic (exact) mass is 441 g/mol. The van der Waals surface area contributed by atoms with Crippen molar-refractivity contribution in [2.45, 2.75) is 17.4 Å². The first-order valence-corrected chi connectivity index (χ1v) is 11.2. The molecule has 0 aliphatic carbocycles. The Morgan fingerprint density at radius 2 is 1.90 bits per heavy atom. The Balaban J connectivity index is 1.60. The van der Waals surface area contributed by atoms with Gasteiger partial charge in [0.2, 0.25) is 15.9 Å². The zero-order chi connectivity index (χ0) is 20.7. The molecule has 1 aliphatic rings. The van der Waals surface area contributed by atoms with Crippen molar-refractivity contribution in [2.24, 2.45) is 0 Å². The van der Waals surface area contributed by atoms with E-state index in [4.69, 9.17) is 20.8 Å². The van der Waals surface area contributed by atoms with E-state index in [0.29, 0.717) is 30.5 Å². The molecule has 1 aromatic carbocycles. The molecule has 10 heteroatoms. The maximum Gasteiger partial charge on any atom is 0.241 e. The number of sulfonamides is 1. The second-order valence-corrected chi connectivity index (χ2v) is 8.80. The Labute approximate surface area is 175 Å². The minimum atomic E-state index is -3.86. The molecular weight excluding hydrogens is 418 g/mol. The standard InChI is InChI=1S/C19H24ClN3O5S/c20-15-3-5-16(6-4-15)29(25,26)22-17(18-2-1-11-28-18)14-19(24)21-7-8-23-9-12-27-13-10-23/h1-6,11,17,22H,7-10,12-14H2,(H,21,24)/t17-/m1/s1. The van der Waals surface area contributed by atoms with Gasteiger partial charge in [0, 0.05) is 31.2 Å². The lowest BCUT2D eigenvalue weighted by molar-refractivity contribution is -0.121. The van der Waals surface area contributed by atoms with Crippen molar-refractivity contribution in [1.29, 1.82) is 0 Å². The van der Waals surface area contributed by atoms with Gasteiger partial charge in [-0.2, -0.15) is 4.72 Å². The highest BCUT2D eigenvalue weighted by atomic mass is 35.5. The molecule has 0 saturated carbocycles. The minimum absolute atomic E-state index is 0.0613. The van der Waals surface area contributed by atoms with Crippen LogP contribution in [0.4, 0.5) is 0 Å². The third kappa shape index (κ3) is 6.55. The smallest absolute Gasteiger partial charge is 0.241 e. The van der Waals surface area contributed by atoms with E-state index >= 15 is 0 Å². The van der Waals surface area contributed by atoms with Crippen molar-refractivity contribution >= 4 is 27.5 Å². The summed E-state index contributed by atoms with van der Waals surface area (Å²) in [5.74, 6) is 0.101. The van der Waals surface area contributed by atoms with Crippen LogP contribution >= 0.6 is 11.6 Å². The fourth-order valence-electron chi connectivity index (χ4n) is 2.99. The number of rotatable bonds is 9. The molecule has 1 aliphatic heterocycles. The van der Waals surface area contributed by atoms with E-state index in [2.05, 4.69) is 14.9 Å². The Morgan fingerprint density at radius 3 is 2.55 bits per heavy atom. The van der Waals surface area contributed by atoms with Crippen molar-refractivity contribution in [3.05, 3.63) is 53.4 Å². The molecular formula is C19H24ClN3O5S. The number of nitrogens with zero attached hydrogens (tertiary/aromatic N) is 1. The topological polar surface area (TPSA) is 101 Å². The van der Waals surface area contributed by atoms with Gasteiger partial charge in [-0.25, -0.2) is 8.42 Å². The second-order valence-electron chi connectivity index (χ2n) is 6.65. The van der Waals surface area contributed by atoms with Crippen molar-refractivity contribution in [2.75, 3.05) is 39.4 Å². The highest BCUT2D eigenvalue weighted by Crippen LogP contribution is 2.22. The summed E-state index contributed by atoms with van der Waals surface area (Å²) in [5, 5.41) is 3.28. The predicted octanol–water partition coefficient (Wildman–Crippen LogP) is 1.79. The summed E-state index contributed by atoms with van der Waals surface area (Å²) in [5.41, 5.74) is 0. The van der Waals surface area contributed by atoms with Crippen LogP contribution in [0.3, 0.4) is 0 Å². The van der Waals surface area contributed by atoms with Gasteiger partial charge in [0.15, 0.2) is 0 Å². The first-order valence-electron chi connectivity index (χ1n) is 9.32. The summed E-state index contributed by atoms with van der Waals surface area (Å²) in [6.07, 6.45) is 1.36. The number of carbonyl (C=O) groups excluding carboxylic acids is 1. The van der Waals surface area contributed by atoms with Gasteiger partial charge in [0.05, 0.1) is 36.8 Å². The Bertz CT molecular complexity index is 881. The van der Waals surface area contributed by atoms with Crippen molar-refractivity contribution in [3.63, 3.8) is 0 Å². The van der Waals surface area contributed by atoms with Crippen LogP contribution in [0.25, 0.3) is 0 Å². The normalized spacial score (nSPS) is 16.4. The van der Waals surface area contributed by atoms with Crippen LogP contribution < -0.4 is 10.0 Å². The minimum Gasteiger partial charge on any atom is -0.468 e. The molecule has 1 fully saturated rings. The average molecular weight is 442 g/mol. The summed E-state index contributed by atoms with van der Waals surface area (Å²) < 4.78 is 38.6. The van der Waals surface area contributed by atoms with Crippen LogP contribution in [0.5, 0.6) is 0 Å². The zero-order valence-electron chi connectivity index (χ0n) is 15.8. The molecule has 1 atom stereocenters. The number of furan rings is 1. The van der Waals surface area contributed by atoms with Gasteiger partial charge < -0.3 is 14.5 Å². The van der Waals surface area contributed by atoms with Gasteiger partial charge in [-0.1, -0.05) is 11.6 Å². The van der Waals surface area contributed by atoms with E-state index in [-0.39, 0.29) is 17.2 Å². The molecule has 0 radical (unpaired) electrons. The molecule has 158 valence electrons. The molecule has 8 nitrogen and oxygen atoms in total. The first kappa shape index (κ1) is 21.8. The lowest BCUT2D eigenvalue weighted by atomic mass is 10.1. The summed E-state index contributed by atoms with van der Waals surface area (Å²) >= 11 is 5.83. The number of nitrogens with one attached hydrogen (secondary N) is 2. The van der Waals surface area contributed by atoms with E-state index in [9.17, 15) is 13.2 Å². The fraction of sp³-hybridized carbons (Fsp3) is 0.421. The van der Waals surface area contributed by atoms with E-state index in [1.54, 1.807) is 12.1 Å². The SMILES string of the molecule is O=C(C[C@@H](NS(=O)(=O)c1ccc(Cl)cc1)c1ccco1)NCCN1CCOCC1. The number of carbonyl (C=O) groups is 1. The van der Waals surface area contributed by atoms with E-state index in [0.717, 1.165) is 19.6 Å². The maximum atomic E-state index is 12.7. The molecule has 1 aromatic heterocycles. The average Bonchev–Trinajstić information content (AvgIpc) is 3.23. The number of hydrogen-bond donors (Lipinski definition) is 2. The van der Waals surface area contributed by atoms with Crippen molar-refractivity contribution in [1.82, 2.24) is 14.9 Å². The number of ether oxygens (including phenoxy) is 1. The third-order valence-corrected chi connectivity index (χ3v) is 6.29. The highest BCUT2D eigenvalue weighted by Gasteiger charge is 2.25. The Morgan fingerprint density at radius 1 is 1.17 bits per heavy atom. The second kappa shape index (κ2) is 10.2. The quantitative estimate of drug-likeness (QED) is 0.615. The van der Waals surface area contributed by atoms with Gasteiger partial charge >= 0.3 is 0 Å². The summed E-state index contributed by atoms with van der Waals surface area (Å²) in [6, 6.07) is 8.27. The van der Waals surface area contributed by atoms with E-state index in [1.165, 1.54) is 30.5 Å². The van der Waals surface area contributed by atoms with Crippen molar-refractivity contribution < 1.29 is 22.4 Å². The molecule has 2 heterocycles. The summed E-state index contributed by atoms with van der Waals surface area (Å²) in [6.45, 7) is 4.27. The fourth-order valence-corrected chi connectivity index (χ4v) is 4.33. The van der Waals surface area contributed by atoms with Crippen LogP contribution in [-0.2, 0) is 19.6 Å². The number of amides is 1. The molecule has 1 saturated heterocycles. The largest absolute Gasteiger partial charge is 0.468 e. The molecule has 29 heavy (non-hydrogen) atoms. The predicted molar refractivity (Wildman–Crippen MR) is 108 cm³/mol. The molecule has 0 spiro atoms.